The molecule has 2 amide bonds. The van der Waals surface area contributed by atoms with Gasteiger partial charge in [-0.15, -0.1) is 0 Å². The number of hydrogen-bond acceptors (Lipinski definition) is 3. The molecule has 0 aliphatic heterocycles. The molecule has 1 saturated carbocycles. The van der Waals surface area contributed by atoms with Crippen LogP contribution in [0.5, 0.6) is 0 Å². The van der Waals surface area contributed by atoms with Crippen molar-refractivity contribution in [2.45, 2.75) is 56.9 Å². The van der Waals surface area contributed by atoms with Crippen LogP contribution in [0.3, 0.4) is 0 Å². The molecule has 9 heteroatoms. The van der Waals surface area contributed by atoms with Gasteiger partial charge in [0.1, 0.15) is 0 Å². The third-order valence-electron chi connectivity index (χ3n) is 5.81. The smallest absolute Gasteiger partial charge is 0.350 e. The van der Waals surface area contributed by atoms with Crippen molar-refractivity contribution in [3.8, 4) is 0 Å². The van der Waals surface area contributed by atoms with Gasteiger partial charge in [-0.05, 0) is 55.7 Å². The van der Waals surface area contributed by atoms with E-state index in [0.717, 1.165) is 49.4 Å². The van der Waals surface area contributed by atoms with E-state index in [2.05, 4.69) is 16.0 Å². The predicted octanol–water partition coefficient (Wildman–Crippen LogP) is 4.87. The second-order valence-corrected chi connectivity index (χ2v) is 8.70. The summed E-state index contributed by atoms with van der Waals surface area (Å²) in [6.45, 7) is 1.73. The summed E-state index contributed by atoms with van der Waals surface area (Å²) >= 11 is 5.96. The van der Waals surface area contributed by atoms with E-state index < -0.39 is 17.6 Å². The molecule has 1 unspecified atom stereocenters. The highest BCUT2D eigenvalue weighted by molar-refractivity contribution is 6.30. The van der Waals surface area contributed by atoms with Crippen molar-refractivity contribution < 1.29 is 22.8 Å². The first-order valence-corrected chi connectivity index (χ1v) is 11.3. The minimum absolute atomic E-state index is 0.0605. The first-order valence-electron chi connectivity index (χ1n) is 10.9. The fraction of sp³-hybridized carbons (Fsp3) is 0.417. The maximum atomic E-state index is 12.9. The fourth-order valence-electron chi connectivity index (χ4n) is 4.03. The zero-order valence-corrected chi connectivity index (χ0v) is 19.0. The Bertz CT molecular complexity index is 966. The summed E-state index contributed by atoms with van der Waals surface area (Å²) < 4.78 is 38.6. The van der Waals surface area contributed by atoms with E-state index in [4.69, 9.17) is 11.6 Å². The lowest BCUT2D eigenvalue weighted by atomic mass is 9.89. The molecule has 0 heterocycles. The van der Waals surface area contributed by atoms with Crippen LogP contribution in [-0.4, -0.2) is 30.4 Å². The third kappa shape index (κ3) is 7.20. The second-order valence-electron chi connectivity index (χ2n) is 8.27. The minimum atomic E-state index is -4.54. The van der Waals surface area contributed by atoms with Crippen molar-refractivity contribution in [2.75, 3.05) is 6.54 Å². The van der Waals surface area contributed by atoms with Gasteiger partial charge in [-0.2, -0.15) is 13.2 Å². The molecule has 0 bridgehead atoms. The van der Waals surface area contributed by atoms with Crippen LogP contribution in [-0.2, 0) is 11.0 Å². The number of carbonyl (C=O) groups excluding carboxylic acids is 2. The van der Waals surface area contributed by atoms with Gasteiger partial charge in [0.2, 0.25) is 5.91 Å². The molecule has 0 aromatic heterocycles. The van der Waals surface area contributed by atoms with Crippen LogP contribution >= 0.6 is 11.6 Å². The fourth-order valence-corrected chi connectivity index (χ4v) is 4.16. The van der Waals surface area contributed by atoms with Gasteiger partial charge in [0.25, 0.3) is 5.91 Å². The van der Waals surface area contributed by atoms with Crippen LogP contribution in [0.25, 0.3) is 0 Å². The molecule has 0 radical (unpaired) electrons. The molecule has 33 heavy (non-hydrogen) atoms. The number of benzene rings is 2. The molecule has 3 rings (SSSR count). The highest BCUT2D eigenvalue weighted by Crippen LogP contribution is 2.29. The van der Waals surface area contributed by atoms with Gasteiger partial charge >= 0.3 is 6.18 Å². The van der Waals surface area contributed by atoms with E-state index in [1.54, 1.807) is 0 Å². The molecule has 1 fully saturated rings. The highest BCUT2D eigenvalue weighted by Gasteiger charge is 2.31. The van der Waals surface area contributed by atoms with Crippen LogP contribution in [0.2, 0.25) is 5.02 Å². The van der Waals surface area contributed by atoms with Crippen molar-refractivity contribution in [1.82, 2.24) is 16.0 Å². The van der Waals surface area contributed by atoms with Gasteiger partial charge in [0.15, 0.2) is 0 Å². The number of amides is 2. The normalized spacial score (nSPS) is 19.5. The zero-order valence-electron chi connectivity index (χ0n) is 18.2. The van der Waals surface area contributed by atoms with Gasteiger partial charge < -0.3 is 16.0 Å². The van der Waals surface area contributed by atoms with Crippen molar-refractivity contribution >= 4 is 23.4 Å². The van der Waals surface area contributed by atoms with E-state index in [-0.39, 0.29) is 36.1 Å². The minimum Gasteiger partial charge on any atom is -0.350 e. The van der Waals surface area contributed by atoms with Gasteiger partial charge in [0, 0.05) is 28.7 Å². The molecule has 1 aliphatic carbocycles. The van der Waals surface area contributed by atoms with Crippen LogP contribution in [0.15, 0.2) is 48.5 Å². The van der Waals surface area contributed by atoms with Crippen LogP contribution in [0, 0.1) is 0 Å². The first-order chi connectivity index (χ1) is 15.6. The Morgan fingerprint density at radius 2 is 1.73 bits per heavy atom. The summed E-state index contributed by atoms with van der Waals surface area (Å²) in [7, 11) is 0. The third-order valence-corrected chi connectivity index (χ3v) is 6.06. The van der Waals surface area contributed by atoms with E-state index in [9.17, 15) is 22.8 Å². The van der Waals surface area contributed by atoms with E-state index in [1.165, 1.54) is 6.07 Å². The molecular formula is C24H27ClF3N3O2. The quantitative estimate of drug-likeness (QED) is 0.528. The topological polar surface area (TPSA) is 70.2 Å². The number of halogens is 4. The molecule has 1 aliphatic rings. The maximum absolute atomic E-state index is 12.9. The lowest BCUT2D eigenvalue weighted by molar-refractivity contribution is -0.137. The molecule has 3 N–H and O–H groups in total. The molecule has 178 valence electrons. The standard InChI is InChI=1S/C24H27ClF3N3O2/c1-15(16-9-11-19(25)12-10-16)30-20-7-2-3-8-21(20)31-22(32)14-29-23(33)17-5-4-6-18(13-17)24(26,27)28/h4-6,9-13,15,20-21,30H,2-3,7-8,14H2,1H3,(H,29,33)(H,31,32)/t15?,20-,21+/m1/s1. The number of carbonyl (C=O) groups is 2. The average Bonchev–Trinajstić information content (AvgIpc) is 2.78. The molecular weight excluding hydrogens is 455 g/mol. The predicted molar refractivity (Wildman–Crippen MR) is 121 cm³/mol. The molecule has 2 aromatic carbocycles. The molecule has 5 nitrogen and oxygen atoms in total. The van der Waals surface area contributed by atoms with Crippen molar-refractivity contribution in [2.24, 2.45) is 0 Å². The molecule has 0 spiro atoms. The van der Waals surface area contributed by atoms with Crippen LogP contribution in [0.4, 0.5) is 13.2 Å². The molecule has 0 saturated heterocycles. The number of alkyl halides is 3. The number of hydrogen-bond donors (Lipinski definition) is 3. The summed E-state index contributed by atoms with van der Waals surface area (Å²) in [6, 6.07) is 11.7. The lowest BCUT2D eigenvalue weighted by Gasteiger charge is -2.35. The van der Waals surface area contributed by atoms with Gasteiger partial charge in [-0.1, -0.05) is 42.6 Å². The Labute approximate surface area is 196 Å². The Balaban J connectivity index is 1.53. The first kappa shape index (κ1) is 25.1. The van der Waals surface area contributed by atoms with Crippen molar-refractivity contribution in [3.63, 3.8) is 0 Å². The van der Waals surface area contributed by atoms with Crippen LogP contribution in [0.1, 0.15) is 60.1 Å². The van der Waals surface area contributed by atoms with E-state index in [0.29, 0.717) is 5.02 Å². The summed E-state index contributed by atoms with van der Waals surface area (Å²) in [6.07, 6.45) is -0.809. The Hall–Kier alpha value is -2.58. The van der Waals surface area contributed by atoms with Gasteiger partial charge in [-0.3, -0.25) is 9.59 Å². The van der Waals surface area contributed by atoms with Gasteiger partial charge in [-0.25, -0.2) is 0 Å². The Morgan fingerprint density at radius 3 is 2.39 bits per heavy atom. The molecule has 2 aromatic rings. The SMILES string of the molecule is CC(N[C@@H]1CCCC[C@@H]1NC(=O)CNC(=O)c1cccc(C(F)(F)F)c1)c1ccc(Cl)cc1. The summed E-state index contributed by atoms with van der Waals surface area (Å²) in [5, 5.41) is 9.60. The summed E-state index contributed by atoms with van der Waals surface area (Å²) in [4.78, 5) is 24.7. The summed E-state index contributed by atoms with van der Waals surface area (Å²) in [5.41, 5.74) is 0.0283. The highest BCUT2D eigenvalue weighted by atomic mass is 35.5. The maximum Gasteiger partial charge on any atom is 0.416 e. The lowest BCUT2D eigenvalue weighted by Crippen LogP contribution is -2.53. The zero-order chi connectivity index (χ0) is 24.0. The Morgan fingerprint density at radius 1 is 1.06 bits per heavy atom. The Kier molecular flexibility index (Phi) is 8.37. The van der Waals surface area contributed by atoms with E-state index in [1.807, 2.05) is 31.2 Å². The monoisotopic (exact) mass is 481 g/mol. The second kappa shape index (κ2) is 11.0. The molecule has 3 atom stereocenters. The van der Waals surface area contributed by atoms with Crippen molar-refractivity contribution in [1.29, 1.82) is 0 Å². The van der Waals surface area contributed by atoms with Gasteiger partial charge in [0.05, 0.1) is 12.1 Å². The summed E-state index contributed by atoms with van der Waals surface area (Å²) in [5.74, 6) is -1.11. The van der Waals surface area contributed by atoms with Crippen LogP contribution < -0.4 is 16.0 Å². The number of rotatable bonds is 7. The number of nitrogens with one attached hydrogen (secondary N) is 3. The largest absolute Gasteiger partial charge is 0.416 e. The average molecular weight is 482 g/mol. The van der Waals surface area contributed by atoms with Crippen molar-refractivity contribution in [3.05, 3.63) is 70.2 Å². The van der Waals surface area contributed by atoms with E-state index >= 15 is 0 Å².